The number of halogens is 2. The fraction of sp³-hybridized carbons (Fsp3) is 0.188. The Kier molecular flexibility index (Phi) is 5.45. The van der Waals surface area contributed by atoms with Crippen molar-refractivity contribution in [3.05, 3.63) is 63.6 Å². The van der Waals surface area contributed by atoms with Crippen LogP contribution in [0.4, 0.5) is 5.69 Å². The molecule has 5 heteroatoms. The molecule has 0 fully saturated rings. The third-order valence-electron chi connectivity index (χ3n) is 3.12. The molecule has 0 amide bonds. The summed E-state index contributed by atoms with van der Waals surface area (Å²) in [6.07, 6.45) is 0. The van der Waals surface area contributed by atoms with E-state index in [1.54, 1.807) is 6.07 Å². The third-order valence-corrected chi connectivity index (χ3v) is 4.16. The van der Waals surface area contributed by atoms with Crippen molar-refractivity contribution >= 4 is 46.2 Å². The molecule has 1 unspecified atom stereocenters. The van der Waals surface area contributed by atoms with E-state index in [1.807, 2.05) is 12.1 Å². The smallest absolute Gasteiger partial charge is 0.171 e. The number of nitrogens with one attached hydrogen (secondary N) is 2. The van der Waals surface area contributed by atoms with Gasteiger partial charge in [-0.2, -0.15) is 0 Å². The SMILES string of the molecule is Cc1ccc(C(C)NC(=S)Nc2cccc(Cl)c2Cl)cc1. The molecule has 2 aromatic carbocycles. The standard InChI is InChI=1S/C16H16Cl2N2S/c1-10-6-8-12(9-7-10)11(2)19-16(21)20-14-5-3-4-13(17)15(14)18/h3-9,11H,1-2H3,(H2,19,20,21). The van der Waals surface area contributed by atoms with Crippen LogP contribution in [-0.2, 0) is 0 Å². The topological polar surface area (TPSA) is 24.1 Å². The summed E-state index contributed by atoms with van der Waals surface area (Å²) in [5.74, 6) is 0. The summed E-state index contributed by atoms with van der Waals surface area (Å²) in [7, 11) is 0. The van der Waals surface area contributed by atoms with Crippen LogP contribution >= 0.6 is 35.4 Å². The van der Waals surface area contributed by atoms with Gasteiger partial charge < -0.3 is 10.6 Å². The van der Waals surface area contributed by atoms with Crippen LogP contribution in [0, 0.1) is 6.92 Å². The van der Waals surface area contributed by atoms with Crippen LogP contribution in [0.3, 0.4) is 0 Å². The quantitative estimate of drug-likeness (QED) is 0.737. The molecule has 2 aromatic rings. The largest absolute Gasteiger partial charge is 0.356 e. The summed E-state index contributed by atoms with van der Waals surface area (Å²) in [5, 5.41) is 7.76. The number of hydrogen-bond donors (Lipinski definition) is 2. The first-order valence-corrected chi connectivity index (χ1v) is 7.72. The first kappa shape index (κ1) is 16.1. The molecule has 2 N–H and O–H groups in total. The summed E-state index contributed by atoms with van der Waals surface area (Å²) >= 11 is 17.4. The molecular weight excluding hydrogens is 323 g/mol. The van der Waals surface area contributed by atoms with Crippen LogP contribution in [0.15, 0.2) is 42.5 Å². The second-order valence-corrected chi connectivity index (χ2v) is 6.03. The van der Waals surface area contributed by atoms with Gasteiger partial charge in [0, 0.05) is 0 Å². The third kappa shape index (κ3) is 4.34. The molecular formula is C16H16Cl2N2S. The minimum atomic E-state index is 0.101. The van der Waals surface area contributed by atoms with Gasteiger partial charge in [0.2, 0.25) is 0 Å². The van der Waals surface area contributed by atoms with Gasteiger partial charge in [0.05, 0.1) is 21.8 Å². The van der Waals surface area contributed by atoms with Crippen molar-refractivity contribution in [1.29, 1.82) is 0 Å². The highest BCUT2D eigenvalue weighted by molar-refractivity contribution is 7.80. The Morgan fingerprint density at radius 2 is 1.76 bits per heavy atom. The Morgan fingerprint density at radius 1 is 1.10 bits per heavy atom. The fourth-order valence-corrected chi connectivity index (χ4v) is 2.53. The van der Waals surface area contributed by atoms with Gasteiger partial charge >= 0.3 is 0 Å². The highest BCUT2D eigenvalue weighted by Crippen LogP contribution is 2.29. The Morgan fingerprint density at radius 3 is 2.43 bits per heavy atom. The predicted molar refractivity (Wildman–Crippen MR) is 95.4 cm³/mol. The van der Waals surface area contributed by atoms with E-state index in [0.717, 1.165) is 0 Å². The van der Waals surface area contributed by atoms with Crippen LogP contribution in [0.1, 0.15) is 24.1 Å². The lowest BCUT2D eigenvalue weighted by Crippen LogP contribution is -2.31. The Balaban J connectivity index is 2.01. The van der Waals surface area contributed by atoms with Crippen molar-refractivity contribution in [3.63, 3.8) is 0 Å². The number of thiocarbonyl (C=S) groups is 1. The number of rotatable bonds is 3. The van der Waals surface area contributed by atoms with Gasteiger partial charge in [-0.3, -0.25) is 0 Å². The van der Waals surface area contributed by atoms with Crippen molar-refractivity contribution in [1.82, 2.24) is 5.32 Å². The van der Waals surface area contributed by atoms with E-state index in [4.69, 9.17) is 35.4 Å². The zero-order valence-electron chi connectivity index (χ0n) is 11.8. The highest BCUT2D eigenvalue weighted by atomic mass is 35.5. The van der Waals surface area contributed by atoms with Crippen LogP contribution in [0.5, 0.6) is 0 Å². The van der Waals surface area contributed by atoms with Gasteiger partial charge in [-0.15, -0.1) is 0 Å². The molecule has 2 nitrogen and oxygen atoms in total. The minimum Gasteiger partial charge on any atom is -0.356 e. The second kappa shape index (κ2) is 7.12. The average molecular weight is 339 g/mol. The van der Waals surface area contributed by atoms with Gasteiger partial charge in [0.25, 0.3) is 0 Å². The van der Waals surface area contributed by atoms with Crippen LogP contribution in [0.2, 0.25) is 10.0 Å². The zero-order valence-corrected chi connectivity index (χ0v) is 14.1. The van der Waals surface area contributed by atoms with E-state index in [-0.39, 0.29) is 6.04 Å². The molecule has 110 valence electrons. The van der Waals surface area contributed by atoms with Crippen LogP contribution in [-0.4, -0.2) is 5.11 Å². The first-order chi connectivity index (χ1) is 9.97. The maximum absolute atomic E-state index is 6.13. The van der Waals surface area contributed by atoms with Crippen molar-refractivity contribution in [2.75, 3.05) is 5.32 Å². The lowest BCUT2D eigenvalue weighted by Gasteiger charge is -2.18. The van der Waals surface area contributed by atoms with Crippen molar-refractivity contribution in [2.24, 2.45) is 0 Å². The second-order valence-electron chi connectivity index (χ2n) is 4.83. The zero-order chi connectivity index (χ0) is 15.4. The molecule has 0 aliphatic carbocycles. The Labute approximate surface area is 140 Å². The number of benzene rings is 2. The molecule has 0 aliphatic rings. The van der Waals surface area contributed by atoms with E-state index in [9.17, 15) is 0 Å². The van der Waals surface area contributed by atoms with E-state index < -0.39 is 0 Å². The molecule has 1 atom stereocenters. The van der Waals surface area contributed by atoms with Gasteiger partial charge in [-0.1, -0.05) is 59.1 Å². The molecule has 2 rings (SSSR count). The number of aryl methyl sites for hydroxylation is 1. The van der Waals surface area contributed by atoms with Gasteiger partial charge in [-0.25, -0.2) is 0 Å². The summed E-state index contributed by atoms with van der Waals surface area (Å²) in [5.41, 5.74) is 3.09. The molecule has 0 spiro atoms. The highest BCUT2D eigenvalue weighted by Gasteiger charge is 2.09. The number of hydrogen-bond acceptors (Lipinski definition) is 1. The van der Waals surface area contributed by atoms with E-state index >= 15 is 0 Å². The molecule has 0 bridgehead atoms. The van der Waals surface area contributed by atoms with E-state index in [0.29, 0.717) is 20.8 Å². The van der Waals surface area contributed by atoms with Gasteiger partial charge in [0.15, 0.2) is 5.11 Å². The molecule has 0 radical (unpaired) electrons. The fourth-order valence-electron chi connectivity index (χ4n) is 1.89. The lowest BCUT2D eigenvalue weighted by molar-refractivity contribution is 0.722. The molecule has 0 aliphatic heterocycles. The molecule has 0 saturated carbocycles. The first-order valence-electron chi connectivity index (χ1n) is 6.55. The summed E-state index contributed by atoms with van der Waals surface area (Å²) in [4.78, 5) is 0. The average Bonchev–Trinajstić information content (AvgIpc) is 2.44. The molecule has 21 heavy (non-hydrogen) atoms. The monoisotopic (exact) mass is 338 g/mol. The Bertz CT molecular complexity index is 641. The van der Waals surface area contributed by atoms with Gasteiger partial charge in [0.1, 0.15) is 0 Å². The lowest BCUT2D eigenvalue weighted by atomic mass is 10.1. The molecule has 0 saturated heterocycles. The maximum Gasteiger partial charge on any atom is 0.171 e. The van der Waals surface area contributed by atoms with Gasteiger partial charge in [-0.05, 0) is 43.8 Å². The van der Waals surface area contributed by atoms with Crippen molar-refractivity contribution in [3.8, 4) is 0 Å². The summed E-state index contributed by atoms with van der Waals surface area (Å²) in [6, 6.07) is 13.8. The van der Waals surface area contributed by atoms with Crippen LogP contribution < -0.4 is 10.6 Å². The van der Waals surface area contributed by atoms with E-state index in [1.165, 1.54) is 11.1 Å². The van der Waals surface area contributed by atoms with E-state index in [2.05, 4.69) is 48.7 Å². The normalized spacial score (nSPS) is 11.8. The van der Waals surface area contributed by atoms with Crippen molar-refractivity contribution < 1.29 is 0 Å². The maximum atomic E-state index is 6.13. The summed E-state index contributed by atoms with van der Waals surface area (Å²) in [6.45, 7) is 4.12. The molecule has 0 aromatic heterocycles. The number of anilines is 1. The minimum absolute atomic E-state index is 0.101. The predicted octanol–water partition coefficient (Wildman–Crippen LogP) is 5.35. The van der Waals surface area contributed by atoms with Crippen LogP contribution in [0.25, 0.3) is 0 Å². The Hall–Kier alpha value is -1.29. The molecule has 0 heterocycles. The van der Waals surface area contributed by atoms with Crippen molar-refractivity contribution in [2.45, 2.75) is 19.9 Å². The summed E-state index contributed by atoms with van der Waals surface area (Å²) < 4.78 is 0.